The molecule has 1 aliphatic carbocycles. The van der Waals surface area contributed by atoms with E-state index in [-0.39, 0.29) is 5.41 Å². The third-order valence-corrected chi connectivity index (χ3v) is 6.00. The minimum absolute atomic E-state index is 0.200. The molecule has 0 aromatic heterocycles. The van der Waals surface area contributed by atoms with Gasteiger partial charge in [0.2, 0.25) is 0 Å². The summed E-state index contributed by atoms with van der Waals surface area (Å²) in [6.45, 7) is 7.29. The Bertz CT molecular complexity index is 594. The molecule has 0 amide bonds. The molecule has 1 aromatic carbocycles. The molecule has 130 valence electrons. The molecule has 1 atom stereocenters. The predicted octanol–water partition coefficient (Wildman–Crippen LogP) is 6.47. The van der Waals surface area contributed by atoms with E-state index in [4.69, 9.17) is 11.6 Å². The minimum Gasteiger partial charge on any atom is -0.296 e. The van der Waals surface area contributed by atoms with Gasteiger partial charge < -0.3 is 0 Å². The zero-order valence-electron chi connectivity index (χ0n) is 15.1. The van der Waals surface area contributed by atoms with E-state index < -0.39 is 0 Å². The van der Waals surface area contributed by atoms with Gasteiger partial charge in [-0.15, -0.1) is 0 Å². The molecule has 0 spiro atoms. The molecule has 0 radical (unpaired) electrons. The van der Waals surface area contributed by atoms with Crippen LogP contribution in [0.4, 0.5) is 0 Å². The maximum atomic E-state index is 6.16. The Hall–Kier alpha value is -1.05. The standard InChI is InChI=1S/C22H30ClN/c1-22(2,19-11-13-20(23)14-12-19)17-21(18-9-5-3-6-10-18)24-15-7-4-8-16-24/h3,5-6,9-11,13,21H,4,7-8,12,14-17H2,1-2H3. The lowest BCUT2D eigenvalue weighted by atomic mass is 9.74. The smallest absolute Gasteiger partial charge is 0.0356 e. The summed E-state index contributed by atoms with van der Waals surface area (Å²) in [6.07, 6.45) is 11.7. The monoisotopic (exact) mass is 343 g/mol. The Balaban J connectivity index is 1.83. The van der Waals surface area contributed by atoms with Crippen LogP contribution in [0.15, 0.2) is 53.1 Å². The highest BCUT2D eigenvalue weighted by molar-refractivity contribution is 6.29. The van der Waals surface area contributed by atoms with E-state index in [2.05, 4.69) is 61.2 Å². The van der Waals surface area contributed by atoms with Gasteiger partial charge in [0, 0.05) is 11.1 Å². The number of hydrogen-bond donors (Lipinski definition) is 0. The number of halogens is 1. The van der Waals surface area contributed by atoms with E-state index in [1.54, 1.807) is 5.57 Å². The van der Waals surface area contributed by atoms with Crippen LogP contribution in [-0.2, 0) is 0 Å². The van der Waals surface area contributed by atoms with Crippen molar-refractivity contribution in [2.45, 2.75) is 58.4 Å². The van der Waals surface area contributed by atoms with Crippen LogP contribution in [0.3, 0.4) is 0 Å². The van der Waals surface area contributed by atoms with Gasteiger partial charge in [-0.2, -0.15) is 0 Å². The number of likely N-dealkylation sites (tertiary alicyclic amines) is 1. The summed E-state index contributed by atoms with van der Waals surface area (Å²) in [5.41, 5.74) is 3.22. The third-order valence-electron chi connectivity index (χ3n) is 5.69. The SMILES string of the molecule is CC(C)(CC(c1ccccc1)N1CCCCC1)C1=CC=C(Cl)CC1. The first-order valence-corrected chi connectivity index (χ1v) is 9.79. The second-order valence-electron chi connectivity index (χ2n) is 7.92. The molecule has 1 nitrogen and oxygen atoms in total. The van der Waals surface area contributed by atoms with Crippen molar-refractivity contribution in [1.29, 1.82) is 0 Å². The molecule has 24 heavy (non-hydrogen) atoms. The summed E-state index contributed by atoms with van der Waals surface area (Å²) in [4.78, 5) is 2.72. The zero-order valence-corrected chi connectivity index (χ0v) is 15.9. The molecular weight excluding hydrogens is 314 g/mol. The summed E-state index contributed by atoms with van der Waals surface area (Å²) in [6, 6.07) is 11.6. The molecule has 0 N–H and O–H groups in total. The first-order valence-electron chi connectivity index (χ1n) is 9.41. The fourth-order valence-corrected chi connectivity index (χ4v) is 4.31. The maximum absolute atomic E-state index is 6.16. The molecule has 0 saturated carbocycles. The van der Waals surface area contributed by atoms with Crippen LogP contribution >= 0.6 is 11.6 Å². The van der Waals surface area contributed by atoms with Gasteiger partial charge in [-0.3, -0.25) is 4.90 Å². The van der Waals surface area contributed by atoms with E-state index in [9.17, 15) is 0 Å². The minimum atomic E-state index is 0.200. The normalized spacial score (nSPS) is 21.1. The highest BCUT2D eigenvalue weighted by Gasteiger charge is 2.32. The van der Waals surface area contributed by atoms with E-state index in [1.165, 1.54) is 44.3 Å². The van der Waals surface area contributed by atoms with Crippen molar-refractivity contribution in [2.24, 2.45) is 5.41 Å². The van der Waals surface area contributed by atoms with E-state index in [1.807, 2.05) is 0 Å². The summed E-state index contributed by atoms with van der Waals surface area (Å²) in [7, 11) is 0. The predicted molar refractivity (Wildman–Crippen MR) is 104 cm³/mol. The first-order chi connectivity index (χ1) is 11.6. The third kappa shape index (κ3) is 4.32. The van der Waals surface area contributed by atoms with Gasteiger partial charge in [-0.25, -0.2) is 0 Å². The van der Waals surface area contributed by atoms with Crippen molar-refractivity contribution in [3.05, 3.63) is 58.7 Å². The Kier molecular flexibility index (Phi) is 5.84. The lowest BCUT2D eigenvalue weighted by Gasteiger charge is -2.40. The molecule has 1 saturated heterocycles. The topological polar surface area (TPSA) is 3.24 Å². The van der Waals surface area contributed by atoms with Gasteiger partial charge >= 0.3 is 0 Å². The van der Waals surface area contributed by atoms with Crippen LogP contribution in [0.25, 0.3) is 0 Å². The molecule has 1 heterocycles. The highest BCUT2D eigenvalue weighted by Crippen LogP contribution is 2.43. The lowest BCUT2D eigenvalue weighted by molar-refractivity contribution is 0.128. The van der Waals surface area contributed by atoms with Crippen molar-refractivity contribution < 1.29 is 0 Å². The second-order valence-corrected chi connectivity index (χ2v) is 8.40. The summed E-state index contributed by atoms with van der Waals surface area (Å²) in [5, 5.41) is 0.991. The van der Waals surface area contributed by atoms with Crippen LogP contribution in [0.2, 0.25) is 0 Å². The van der Waals surface area contributed by atoms with Crippen molar-refractivity contribution in [3.63, 3.8) is 0 Å². The van der Waals surface area contributed by atoms with Crippen molar-refractivity contribution in [1.82, 2.24) is 4.90 Å². The average molecular weight is 344 g/mol. The first kappa shape index (κ1) is 17.8. The molecule has 1 unspecified atom stereocenters. The molecule has 1 aromatic rings. The van der Waals surface area contributed by atoms with Crippen LogP contribution in [-0.4, -0.2) is 18.0 Å². The highest BCUT2D eigenvalue weighted by atomic mass is 35.5. The molecular formula is C22H30ClN. The number of hydrogen-bond acceptors (Lipinski definition) is 1. The van der Waals surface area contributed by atoms with Gasteiger partial charge in [0.1, 0.15) is 0 Å². The maximum Gasteiger partial charge on any atom is 0.0356 e. The molecule has 3 rings (SSSR count). The number of allylic oxidation sites excluding steroid dienone is 4. The molecule has 0 bridgehead atoms. The molecule has 1 aliphatic heterocycles. The average Bonchev–Trinajstić information content (AvgIpc) is 2.62. The number of rotatable bonds is 5. The molecule has 1 fully saturated rings. The van der Waals surface area contributed by atoms with Gasteiger partial charge in [0.25, 0.3) is 0 Å². The van der Waals surface area contributed by atoms with E-state index in [0.29, 0.717) is 6.04 Å². The molecule has 2 heteroatoms. The Morgan fingerprint density at radius 3 is 2.33 bits per heavy atom. The van der Waals surface area contributed by atoms with Crippen molar-refractivity contribution in [3.8, 4) is 0 Å². The summed E-state index contributed by atoms with van der Waals surface area (Å²) in [5.74, 6) is 0. The second kappa shape index (κ2) is 7.89. The van der Waals surface area contributed by atoms with Crippen LogP contribution in [0.1, 0.15) is 64.0 Å². The lowest BCUT2D eigenvalue weighted by Crippen LogP contribution is -2.36. The Labute approximate surface area is 152 Å². The number of nitrogens with zero attached hydrogens (tertiary/aromatic N) is 1. The van der Waals surface area contributed by atoms with Crippen LogP contribution in [0, 0.1) is 5.41 Å². The van der Waals surface area contributed by atoms with Gasteiger partial charge in [-0.05, 0) is 62.2 Å². The van der Waals surface area contributed by atoms with E-state index >= 15 is 0 Å². The fraction of sp³-hybridized carbons (Fsp3) is 0.545. The van der Waals surface area contributed by atoms with Crippen LogP contribution < -0.4 is 0 Å². The Morgan fingerprint density at radius 2 is 1.71 bits per heavy atom. The number of benzene rings is 1. The van der Waals surface area contributed by atoms with Crippen LogP contribution in [0.5, 0.6) is 0 Å². The Morgan fingerprint density at radius 1 is 1.00 bits per heavy atom. The van der Waals surface area contributed by atoms with Gasteiger partial charge in [0.15, 0.2) is 0 Å². The van der Waals surface area contributed by atoms with E-state index in [0.717, 1.165) is 17.9 Å². The molecule has 2 aliphatic rings. The number of piperidine rings is 1. The fourth-order valence-electron chi connectivity index (χ4n) is 4.15. The van der Waals surface area contributed by atoms with Crippen molar-refractivity contribution >= 4 is 11.6 Å². The summed E-state index contributed by atoms with van der Waals surface area (Å²) >= 11 is 6.16. The zero-order chi connectivity index (χ0) is 17.0. The van der Waals surface area contributed by atoms with Gasteiger partial charge in [-0.1, -0.05) is 73.9 Å². The quantitative estimate of drug-likeness (QED) is 0.592. The largest absolute Gasteiger partial charge is 0.296 e. The van der Waals surface area contributed by atoms with Gasteiger partial charge in [0.05, 0.1) is 0 Å². The summed E-state index contributed by atoms with van der Waals surface area (Å²) < 4.78 is 0. The van der Waals surface area contributed by atoms with Crippen molar-refractivity contribution in [2.75, 3.05) is 13.1 Å².